The van der Waals surface area contributed by atoms with Gasteiger partial charge in [-0.25, -0.2) is 0 Å². The standard InChI is InChI=1S/C35H40N2O5/c1-4-22-42-32-20-17-27(18-21-32)11-7-8-23-41-26-31-15-10-13-29(36-31)19-16-28-12-9-14-30(24-28)37-33(38)25-35(5-2,6-3)34(39)40/h1,9-10,12-21,24H,5-8,11,22-23,25-26H2,2-3H3,(H,37,38)(H,39,40)/b19-16+. The molecule has 0 radical (unpaired) electrons. The fourth-order valence-electron chi connectivity index (χ4n) is 4.55. The van der Waals surface area contributed by atoms with Crippen molar-refractivity contribution in [2.45, 2.75) is 59.0 Å². The molecule has 0 atom stereocenters. The Hall–Kier alpha value is -4.41. The van der Waals surface area contributed by atoms with Crippen molar-refractivity contribution >= 4 is 29.7 Å². The molecule has 0 aliphatic carbocycles. The van der Waals surface area contributed by atoms with Gasteiger partial charge in [0.15, 0.2) is 0 Å². The fourth-order valence-corrected chi connectivity index (χ4v) is 4.55. The molecular formula is C35H40N2O5. The van der Waals surface area contributed by atoms with E-state index in [2.05, 4.69) is 28.4 Å². The van der Waals surface area contributed by atoms with Crippen molar-refractivity contribution in [2.75, 3.05) is 18.5 Å². The maximum Gasteiger partial charge on any atom is 0.310 e. The van der Waals surface area contributed by atoms with Crippen LogP contribution in [0.25, 0.3) is 12.2 Å². The summed E-state index contributed by atoms with van der Waals surface area (Å²) in [4.78, 5) is 29.0. The van der Waals surface area contributed by atoms with Gasteiger partial charge in [0.05, 0.1) is 23.4 Å². The number of amides is 1. The van der Waals surface area contributed by atoms with Crippen LogP contribution in [0.2, 0.25) is 0 Å². The normalized spacial score (nSPS) is 11.3. The number of carboxylic acids is 1. The number of ether oxygens (including phenoxy) is 2. The number of nitrogens with zero attached hydrogens (tertiary/aromatic N) is 1. The average molecular weight is 569 g/mol. The first kappa shape index (κ1) is 32.1. The summed E-state index contributed by atoms with van der Waals surface area (Å²) in [5, 5.41) is 12.5. The largest absolute Gasteiger partial charge is 0.481 e. The van der Waals surface area contributed by atoms with E-state index in [-0.39, 0.29) is 18.9 Å². The van der Waals surface area contributed by atoms with Gasteiger partial charge >= 0.3 is 5.97 Å². The molecule has 0 aliphatic heterocycles. The van der Waals surface area contributed by atoms with E-state index in [1.807, 2.05) is 60.7 Å². The number of pyridine rings is 1. The highest BCUT2D eigenvalue weighted by Gasteiger charge is 2.37. The SMILES string of the molecule is C#CCOc1ccc(CCCCOCc2cccc(/C=C/c3cccc(NC(=O)CC(CC)(CC)C(=O)O)c3)n2)cc1. The monoisotopic (exact) mass is 568 g/mol. The fraction of sp³-hybridized carbons (Fsp3) is 0.343. The zero-order chi connectivity index (χ0) is 30.2. The molecule has 2 N–H and O–H groups in total. The number of carboxylic acid groups (broad SMARTS) is 1. The first-order chi connectivity index (χ1) is 20.4. The molecule has 0 spiro atoms. The maximum absolute atomic E-state index is 12.6. The molecule has 42 heavy (non-hydrogen) atoms. The third-order valence-electron chi connectivity index (χ3n) is 7.25. The zero-order valence-corrected chi connectivity index (χ0v) is 24.5. The van der Waals surface area contributed by atoms with Crippen LogP contribution in [-0.4, -0.2) is 35.2 Å². The van der Waals surface area contributed by atoms with Gasteiger partial charge in [-0.3, -0.25) is 14.6 Å². The number of aryl methyl sites for hydroxylation is 1. The van der Waals surface area contributed by atoms with Gasteiger partial charge in [0.2, 0.25) is 5.91 Å². The smallest absolute Gasteiger partial charge is 0.310 e. The van der Waals surface area contributed by atoms with Crippen molar-refractivity contribution in [3.05, 3.63) is 89.2 Å². The minimum atomic E-state index is -1.05. The Labute approximate surface area is 249 Å². The lowest BCUT2D eigenvalue weighted by Crippen LogP contribution is -2.34. The topological polar surface area (TPSA) is 97.8 Å². The number of benzene rings is 2. The van der Waals surface area contributed by atoms with Crippen molar-refractivity contribution in [1.82, 2.24) is 4.98 Å². The molecule has 0 fully saturated rings. The quantitative estimate of drug-likeness (QED) is 0.134. The van der Waals surface area contributed by atoms with Crippen LogP contribution in [0.4, 0.5) is 5.69 Å². The Morgan fingerprint density at radius 3 is 2.50 bits per heavy atom. The maximum atomic E-state index is 12.6. The molecule has 1 amide bonds. The molecule has 0 saturated carbocycles. The highest BCUT2D eigenvalue weighted by Crippen LogP contribution is 2.31. The van der Waals surface area contributed by atoms with Gasteiger partial charge < -0.3 is 19.9 Å². The molecule has 3 rings (SSSR count). The van der Waals surface area contributed by atoms with E-state index in [1.54, 1.807) is 19.9 Å². The third kappa shape index (κ3) is 10.2. The Kier molecular flexibility index (Phi) is 12.8. The van der Waals surface area contributed by atoms with Gasteiger partial charge in [-0.1, -0.05) is 56.2 Å². The Balaban J connectivity index is 1.44. The number of carbonyl (C=O) groups is 2. The van der Waals surface area contributed by atoms with Crippen molar-refractivity contribution in [3.8, 4) is 18.1 Å². The van der Waals surface area contributed by atoms with E-state index >= 15 is 0 Å². The first-order valence-corrected chi connectivity index (χ1v) is 14.4. The number of terminal acetylenes is 1. The number of hydrogen-bond donors (Lipinski definition) is 2. The lowest BCUT2D eigenvalue weighted by atomic mass is 9.79. The van der Waals surface area contributed by atoms with Crippen LogP contribution in [0, 0.1) is 17.8 Å². The summed E-state index contributed by atoms with van der Waals surface area (Å²) < 4.78 is 11.3. The van der Waals surface area contributed by atoms with Gasteiger partial charge in [0.1, 0.15) is 12.4 Å². The lowest BCUT2D eigenvalue weighted by molar-refractivity contribution is -0.151. The average Bonchev–Trinajstić information content (AvgIpc) is 3.00. The van der Waals surface area contributed by atoms with Crippen LogP contribution >= 0.6 is 0 Å². The third-order valence-corrected chi connectivity index (χ3v) is 7.25. The molecule has 2 aromatic carbocycles. The molecule has 3 aromatic rings. The Bertz CT molecular complexity index is 1370. The van der Waals surface area contributed by atoms with Crippen molar-refractivity contribution in [1.29, 1.82) is 0 Å². The van der Waals surface area contributed by atoms with Crippen LogP contribution in [0.15, 0.2) is 66.7 Å². The predicted molar refractivity (Wildman–Crippen MR) is 167 cm³/mol. The van der Waals surface area contributed by atoms with Crippen molar-refractivity contribution < 1.29 is 24.2 Å². The van der Waals surface area contributed by atoms with E-state index in [1.165, 1.54) is 5.56 Å². The van der Waals surface area contributed by atoms with Crippen molar-refractivity contribution in [3.63, 3.8) is 0 Å². The summed E-state index contributed by atoms with van der Waals surface area (Å²) in [5.74, 6) is 2.00. The van der Waals surface area contributed by atoms with Crippen LogP contribution in [0.3, 0.4) is 0 Å². The van der Waals surface area contributed by atoms with Gasteiger partial charge in [-0.05, 0) is 85.7 Å². The Morgan fingerprint density at radius 2 is 1.79 bits per heavy atom. The highest BCUT2D eigenvalue weighted by molar-refractivity contribution is 5.94. The minimum Gasteiger partial charge on any atom is -0.481 e. The lowest BCUT2D eigenvalue weighted by Gasteiger charge is -2.25. The first-order valence-electron chi connectivity index (χ1n) is 14.4. The predicted octanol–water partition coefficient (Wildman–Crippen LogP) is 7.02. The van der Waals surface area contributed by atoms with E-state index < -0.39 is 11.4 Å². The summed E-state index contributed by atoms with van der Waals surface area (Å²) >= 11 is 0. The number of nitrogens with one attached hydrogen (secondary N) is 1. The molecule has 0 unspecified atom stereocenters. The van der Waals surface area contributed by atoms with E-state index in [9.17, 15) is 14.7 Å². The number of aromatic nitrogens is 1. The van der Waals surface area contributed by atoms with E-state index in [0.717, 1.165) is 42.0 Å². The second kappa shape index (κ2) is 16.8. The van der Waals surface area contributed by atoms with Crippen LogP contribution in [0.5, 0.6) is 5.75 Å². The second-order valence-corrected chi connectivity index (χ2v) is 10.2. The molecule has 220 valence electrons. The number of carbonyl (C=O) groups excluding carboxylic acids is 1. The van der Waals surface area contributed by atoms with Crippen LogP contribution in [0.1, 0.15) is 68.5 Å². The van der Waals surface area contributed by atoms with Crippen LogP contribution < -0.4 is 10.1 Å². The van der Waals surface area contributed by atoms with Crippen molar-refractivity contribution in [2.24, 2.45) is 5.41 Å². The summed E-state index contributed by atoms with van der Waals surface area (Å²) in [6, 6.07) is 21.3. The molecular weight excluding hydrogens is 528 g/mol. The zero-order valence-electron chi connectivity index (χ0n) is 24.5. The molecule has 7 heteroatoms. The number of rotatable bonds is 17. The summed E-state index contributed by atoms with van der Waals surface area (Å²) in [6.07, 6.45) is 12.7. The molecule has 0 aliphatic rings. The minimum absolute atomic E-state index is 0.0635. The Morgan fingerprint density at radius 1 is 1.02 bits per heavy atom. The van der Waals surface area contributed by atoms with E-state index in [4.69, 9.17) is 15.9 Å². The van der Waals surface area contributed by atoms with Crippen LogP contribution in [-0.2, 0) is 27.4 Å². The van der Waals surface area contributed by atoms with E-state index in [0.29, 0.717) is 31.7 Å². The molecule has 0 bridgehead atoms. The number of aliphatic carboxylic acids is 1. The molecule has 0 saturated heterocycles. The second-order valence-electron chi connectivity index (χ2n) is 10.2. The number of unbranched alkanes of at least 4 members (excludes halogenated alkanes) is 1. The van der Waals surface area contributed by atoms with Gasteiger partial charge in [-0.15, -0.1) is 6.42 Å². The van der Waals surface area contributed by atoms with Gasteiger partial charge in [-0.2, -0.15) is 0 Å². The molecule has 1 heterocycles. The number of anilines is 1. The number of hydrogen-bond acceptors (Lipinski definition) is 5. The van der Waals surface area contributed by atoms with Gasteiger partial charge in [0.25, 0.3) is 0 Å². The summed E-state index contributed by atoms with van der Waals surface area (Å²) in [7, 11) is 0. The van der Waals surface area contributed by atoms with Gasteiger partial charge in [0, 0.05) is 18.7 Å². The summed E-state index contributed by atoms with van der Waals surface area (Å²) in [5.41, 5.74) is 3.38. The molecule has 7 nitrogen and oxygen atoms in total. The molecule has 1 aromatic heterocycles. The summed E-state index contributed by atoms with van der Waals surface area (Å²) in [6.45, 7) is 4.98. The highest BCUT2D eigenvalue weighted by atomic mass is 16.5.